The zero-order chi connectivity index (χ0) is 11.7. The lowest BCUT2D eigenvalue weighted by Gasteiger charge is -2.05. The second-order valence-corrected chi connectivity index (χ2v) is 4.04. The van der Waals surface area contributed by atoms with Crippen molar-refractivity contribution >= 4 is 29.2 Å². The van der Waals surface area contributed by atoms with E-state index in [4.69, 9.17) is 16.7 Å². The number of hydrogen-bond acceptors (Lipinski definition) is 3. The lowest BCUT2D eigenvalue weighted by molar-refractivity contribution is -0.139. The van der Waals surface area contributed by atoms with Crippen LogP contribution in [0.2, 0.25) is 5.02 Å². The number of carboxylic acids is 1. The summed E-state index contributed by atoms with van der Waals surface area (Å²) >= 11 is 5.82. The molecule has 2 atom stereocenters. The Hall–Kier alpha value is -1.62. The molecule has 16 heavy (non-hydrogen) atoms. The molecule has 0 spiro atoms. The molecule has 1 amide bonds. The van der Waals surface area contributed by atoms with Crippen molar-refractivity contribution in [1.29, 1.82) is 0 Å². The van der Waals surface area contributed by atoms with Crippen molar-refractivity contribution in [2.24, 2.45) is 11.8 Å². The Balaban J connectivity index is 1.99. The van der Waals surface area contributed by atoms with Gasteiger partial charge in [0.25, 0.3) is 0 Å². The number of nitrogens with zero attached hydrogens (tertiary/aromatic N) is 1. The molecule has 1 fully saturated rings. The average Bonchev–Trinajstić information content (AvgIpc) is 3.01. The van der Waals surface area contributed by atoms with Crippen LogP contribution in [0.15, 0.2) is 18.5 Å². The van der Waals surface area contributed by atoms with Crippen molar-refractivity contribution in [3.63, 3.8) is 0 Å². The monoisotopic (exact) mass is 240 g/mol. The van der Waals surface area contributed by atoms with Gasteiger partial charge in [0.2, 0.25) is 5.91 Å². The maximum Gasteiger partial charge on any atom is 0.307 e. The number of anilines is 1. The summed E-state index contributed by atoms with van der Waals surface area (Å²) in [6.07, 6.45) is 3.33. The van der Waals surface area contributed by atoms with Crippen molar-refractivity contribution in [3.05, 3.63) is 23.5 Å². The molecule has 1 aromatic heterocycles. The topological polar surface area (TPSA) is 79.3 Å². The summed E-state index contributed by atoms with van der Waals surface area (Å²) in [6.45, 7) is 0. The molecule has 1 saturated carbocycles. The minimum absolute atomic E-state index is 0.317. The number of amides is 1. The quantitative estimate of drug-likeness (QED) is 0.837. The van der Waals surface area contributed by atoms with Gasteiger partial charge in [-0.15, -0.1) is 0 Å². The van der Waals surface area contributed by atoms with Crippen LogP contribution in [-0.2, 0) is 9.59 Å². The van der Waals surface area contributed by atoms with Crippen LogP contribution in [0.1, 0.15) is 6.42 Å². The van der Waals surface area contributed by atoms with Crippen LogP contribution in [0, 0.1) is 11.8 Å². The average molecular weight is 241 g/mol. The lowest BCUT2D eigenvalue weighted by Crippen LogP contribution is -2.17. The molecule has 2 N–H and O–H groups in total. The third-order valence-electron chi connectivity index (χ3n) is 2.47. The van der Waals surface area contributed by atoms with Crippen LogP contribution < -0.4 is 5.32 Å². The third-order valence-corrected chi connectivity index (χ3v) is 2.80. The van der Waals surface area contributed by atoms with Gasteiger partial charge in [0.05, 0.1) is 28.7 Å². The van der Waals surface area contributed by atoms with Gasteiger partial charge in [-0.1, -0.05) is 11.6 Å². The first kappa shape index (κ1) is 10.9. The molecule has 0 bridgehead atoms. The van der Waals surface area contributed by atoms with Crippen molar-refractivity contribution in [2.45, 2.75) is 6.42 Å². The van der Waals surface area contributed by atoms with E-state index in [0.29, 0.717) is 17.1 Å². The van der Waals surface area contributed by atoms with Gasteiger partial charge in [-0.3, -0.25) is 14.6 Å². The van der Waals surface area contributed by atoms with Gasteiger partial charge in [0, 0.05) is 6.20 Å². The molecular weight excluding hydrogens is 232 g/mol. The summed E-state index contributed by atoms with van der Waals surface area (Å²) in [7, 11) is 0. The predicted octanol–water partition coefficient (Wildman–Crippen LogP) is 1.39. The predicted molar refractivity (Wildman–Crippen MR) is 57.1 cm³/mol. The molecule has 0 radical (unpaired) electrons. The SMILES string of the molecule is O=C(O)[C@H]1C[C@H]1C(=O)Nc1cnccc1Cl. The van der Waals surface area contributed by atoms with Crippen LogP contribution in [0.5, 0.6) is 0 Å². The Kier molecular flexibility index (Phi) is 2.78. The molecule has 5 nitrogen and oxygen atoms in total. The third kappa shape index (κ3) is 2.14. The molecular formula is C10H9ClN2O3. The molecule has 84 valence electrons. The Morgan fingerprint density at radius 1 is 1.50 bits per heavy atom. The summed E-state index contributed by atoms with van der Waals surface area (Å²) < 4.78 is 0. The molecule has 0 aliphatic heterocycles. The van der Waals surface area contributed by atoms with E-state index in [1.165, 1.54) is 12.4 Å². The Labute approximate surface area is 96.4 Å². The molecule has 0 saturated heterocycles. The van der Waals surface area contributed by atoms with E-state index in [-0.39, 0.29) is 5.91 Å². The highest BCUT2D eigenvalue weighted by molar-refractivity contribution is 6.33. The zero-order valence-electron chi connectivity index (χ0n) is 8.18. The maximum atomic E-state index is 11.6. The van der Waals surface area contributed by atoms with Crippen molar-refractivity contribution in [1.82, 2.24) is 4.98 Å². The number of halogens is 1. The van der Waals surface area contributed by atoms with Gasteiger partial charge in [0.1, 0.15) is 0 Å². The van der Waals surface area contributed by atoms with E-state index in [0.717, 1.165) is 0 Å². The summed E-state index contributed by atoms with van der Waals surface area (Å²) in [5, 5.41) is 11.6. The first-order chi connectivity index (χ1) is 7.59. The number of rotatable bonds is 3. The van der Waals surface area contributed by atoms with Gasteiger partial charge >= 0.3 is 5.97 Å². The minimum Gasteiger partial charge on any atom is -0.481 e. The first-order valence-corrected chi connectivity index (χ1v) is 5.10. The summed E-state index contributed by atoms with van der Waals surface area (Å²) in [5.74, 6) is -2.26. The van der Waals surface area contributed by atoms with Gasteiger partial charge in [-0.25, -0.2) is 0 Å². The second kappa shape index (κ2) is 4.09. The molecule has 1 aliphatic carbocycles. The van der Waals surface area contributed by atoms with Crippen LogP contribution in [0.3, 0.4) is 0 Å². The van der Waals surface area contributed by atoms with Gasteiger partial charge in [0.15, 0.2) is 0 Å². The summed E-state index contributed by atoms with van der Waals surface area (Å²) in [4.78, 5) is 26.0. The van der Waals surface area contributed by atoms with Gasteiger partial charge in [-0.2, -0.15) is 0 Å². The van der Waals surface area contributed by atoms with E-state index in [2.05, 4.69) is 10.3 Å². The zero-order valence-corrected chi connectivity index (χ0v) is 8.94. The van der Waals surface area contributed by atoms with Gasteiger partial charge < -0.3 is 10.4 Å². The molecule has 1 aliphatic rings. The molecule has 0 aromatic carbocycles. The number of carboxylic acid groups (broad SMARTS) is 1. The number of hydrogen-bond donors (Lipinski definition) is 2. The van der Waals surface area contributed by atoms with Crippen molar-refractivity contribution < 1.29 is 14.7 Å². The van der Waals surface area contributed by atoms with Gasteiger partial charge in [-0.05, 0) is 12.5 Å². The molecule has 6 heteroatoms. The number of pyridine rings is 1. The molecule has 1 heterocycles. The Bertz CT molecular complexity index is 449. The fourth-order valence-electron chi connectivity index (χ4n) is 1.45. The fourth-order valence-corrected chi connectivity index (χ4v) is 1.60. The molecule has 2 rings (SSSR count). The summed E-state index contributed by atoms with van der Waals surface area (Å²) in [6, 6.07) is 1.55. The number of aliphatic carboxylic acids is 1. The highest BCUT2D eigenvalue weighted by Gasteiger charge is 2.48. The maximum absolute atomic E-state index is 11.6. The fraction of sp³-hybridized carbons (Fsp3) is 0.300. The highest BCUT2D eigenvalue weighted by atomic mass is 35.5. The van der Waals surface area contributed by atoms with Crippen LogP contribution in [0.25, 0.3) is 0 Å². The summed E-state index contributed by atoms with van der Waals surface area (Å²) in [5.41, 5.74) is 0.408. The standard InChI is InChI=1S/C10H9ClN2O3/c11-7-1-2-12-4-8(7)13-9(14)5-3-6(5)10(15)16/h1-2,4-6H,3H2,(H,13,14)(H,15,16)/t5-,6+/m1/s1. The first-order valence-electron chi connectivity index (χ1n) is 4.73. The molecule has 0 unspecified atom stereocenters. The number of carbonyl (C=O) groups is 2. The van der Waals surface area contributed by atoms with Crippen molar-refractivity contribution in [3.8, 4) is 0 Å². The van der Waals surface area contributed by atoms with Crippen LogP contribution in [-0.4, -0.2) is 22.0 Å². The number of aromatic nitrogens is 1. The number of carbonyl (C=O) groups excluding carboxylic acids is 1. The largest absolute Gasteiger partial charge is 0.481 e. The smallest absolute Gasteiger partial charge is 0.307 e. The van der Waals surface area contributed by atoms with E-state index < -0.39 is 17.8 Å². The second-order valence-electron chi connectivity index (χ2n) is 3.63. The lowest BCUT2D eigenvalue weighted by atomic mass is 10.3. The minimum atomic E-state index is -0.933. The van der Waals surface area contributed by atoms with E-state index in [1.54, 1.807) is 6.07 Å². The number of nitrogens with one attached hydrogen (secondary N) is 1. The van der Waals surface area contributed by atoms with E-state index in [9.17, 15) is 9.59 Å². The van der Waals surface area contributed by atoms with E-state index >= 15 is 0 Å². The van der Waals surface area contributed by atoms with E-state index in [1.807, 2.05) is 0 Å². The Morgan fingerprint density at radius 2 is 2.25 bits per heavy atom. The molecule has 1 aromatic rings. The highest BCUT2D eigenvalue weighted by Crippen LogP contribution is 2.39. The van der Waals surface area contributed by atoms with Crippen LogP contribution in [0.4, 0.5) is 5.69 Å². The van der Waals surface area contributed by atoms with Crippen LogP contribution >= 0.6 is 11.6 Å². The Morgan fingerprint density at radius 3 is 2.81 bits per heavy atom. The van der Waals surface area contributed by atoms with Crippen molar-refractivity contribution in [2.75, 3.05) is 5.32 Å². The normalized spacial score (nSPS) is 22.6.